The van der Waals surface area contributed by atoms with Crippen LogP contribution in [0.2, 0.25) is 0 Å². The molecule has 0 radical (unpaired) electrons. The van der Waals surface area contributed by atoms with Gasteiger partial charge in [0.1, 0.15) is 6.10 Å². The molecule has 0 aromatic carbocycles. The van der Waals surface area contributed by atoms with Gasteiger partial charge in [0.25, 0.3) is 0 Å². The Balaban J connectivity index is 2.07. The molecule has 1 saturated carbocycles. The molecule has 18 heavy (non-hydrogen) atoms. The van der Waals surface area contributed by atoms with E-state index in [4.69, 9.17) is 14.2 Å². The zero-order valence-electron chi connectivity index (χ0n) is 10.7. The van der Waals surface area contributed by atoms with Gasteiger partial charge in [-0.15, -0.1) is 0 Å². The zero-order chi connectivity index (χ0) is 13.3. The maximum absolute atomic E-state index is 11.7. The summed E-state index contributed by atoms with van der Waals surface area (Å²) in [5, 5.41) is 0. The third-order valence-corrected chi connectivity index (χ3v) is 3.66. The highest BCUT2D eigenvalue weighted by Crippen LogP contribution is 2.43. The summed E-state index contributed by atoms with van der Waals surface area (Å²) in [6.07, 6.45) is 0.378. The Morgan fingerprint density at radius 1 is 1.56 bits per heavy atom. The molecule has 0 aromatic rings. The second-order valence-electron chi connectivity index (χ2n) is 4.99. The topological polar surface area (TPSA) is 61.8 Å². The normalized spacial score (nSPS) is 34.0. The van der Waals surface area contributed by atoms with Gasteiger partial charge in [-0.05, 0) is 19.3 Å². The summed E-state index contributed by atoms with van der Waals surface area (Å²) in [5.74, 6) is -0.779. The van der Waals surface area contributed by atoms with Gasteiger partial charge in [0.05, 0.1) is 12.5 Å². The molecule has 4 atom stereocenters. The Labute approximate surface area is 106 Å². The number of carbonyl (C=O) groups excluding carboxylic acids is 2. The zero-order valence-corrected chi connectivity index (χ0v) is 10.7. The van der Waals surface area contributed by atoms with Gasteiger partial charge in [-0.2, -0.15) is 0 Å². The van der Waals surface area contributed by atoms with Crippen LogP contribution in [0.25, 0.3) is 0 Å². The van der Waals surface area contributed by atoms with Crippen LogP contribution >= 0.6 is 0 Å². The lowest BCUT2D eigenvalue weighted by molar-refractivity contribution is -0.146. The summed E-state index contributed by atoms with van der Waals surface area (Å²) in [5.41, 5.74) is 0.368. The minimum absolute atomic E-state index is 0.0408. The van der Waals surface area contributed by atoms with Crippen molar-refractivity contribution in [3.8, 4) is 0 Å². The molecule has 0 aromatic heterocycles. The second-order valence-corrected chi connectivity index (χ2v) is 4.99. The van der Waals surface area contributed by atoms with E-state index in [0.717, 1.165) is 0 Å². The van der Waals surface area contributed by atoms with Crippen molar-refractivity contribution in [3.63, 3.8) is 0 Å². The highest BCUT2D eigenvalue weighted by Gasteiger charge is 2.53. The highest BCUT2D eigenvalue weighted by atomic mass is 16.6. The molecule has 1 aliphatic heterocycles. The van der Waals surface area contributed by atoms with Gasteiger partial charge < -0.3 is 14.2 Å². The van der Waals surface area contributed by atoms with Gasteiger partial charge in [0, 0.05) is 25.2 Å². The molecule has 1 saturated heterocycles. The van der Waals surface area contributed by atoms with E-state index in [-0.39, 0.29) is 29.8 Å². The molecular formula is C13H18O5. The van der Waals surface area contributed by atoms with Crippen molar-refractivity contribution in [2.75, 3.05) is 20.3 Å². The van der Waals surface area contributed by atoms with Crippen molar-refractivity contribution in [2.45, 2.75) is 19.4 Å². The first-order chi connectivity index (χ1) is 8.54. The SMILES string of the molecule is C=C(C)C(=O)OC1CC(COC)C2C(=O)OCC12. The van der Waals surface area contributed by atoms with Crippen molar-refractivity contribution in [1.82, 2.24) is 0 Å². The Bertz CT molecular complexity index is 376. The van der Waals surface area contributed by atoms with Crippen LogP contribution in [-0.2, 0) is 23.8 Å². The smallest absolute Gasteiger partial charge is 0.333 e. The van der Waals surface area contributed by atoms with Gasteiger partial charge in [0.15, 0.2) is 0 Å². The average Bonchev–Trinajstić information content (AvgIpc) is 2.83. The predicted molar refractivity (Wildman–Crippen MR) is 62.6 cm³/mol. The Kier molecular flexibility index (Phi) is 3.71. The van der Waals surface area contributed by atoms with Crippen molar-refractivity contribution >= 4 is 11.9 Å². The molecular weight excluding hydrogens is 236 g/mol. The molecule has 1 heterocycles. The first-order valence-electron chi connectivity index (χ1n) is 6.06. The van der Waals surface area contributed by atoms with Crippen LogP contribution in [0.4, 0.5) is 0 Å². The lowest BCUT2D eigenvalue weighted by Crippen LogP contribution is -2.25. The van der Waals surface area contributed by atoms with E-state index in [0.29, 0.717) is 25.2 Å². The van der Waals surface area contributed by atoms with Crippen molar-refractivity contribution in [1.29, 1.82) is 0 Å². The Morgan fingerprint density at radius 3 is 2.89 bits per heavy atom. The Hall–Kier alpha value is -1.36. The van der Waals surface area contributed by atoms with Crippen molar-refractivity contribution in [3.05, 3.63) is 12.2 Å². The summed E-state index contributed by atoms with van der Waals surface area (Å²) in [6.45, 7) is 5.98. The van der Waals surface area contributed by atoms with Crippen LogP contribution in [0.3, 0.4) is 0 Å². The fraction of sp³-hybridized carbons (Fsp3) is 0.692. The highest BCUT2D eigenvalue weighted by molar-refractivity contribution is 5.87. The van der Waals surface area contributed by atoms with Crippen LogP contribution < -0.4 is 0 Å². The van der Waals surface area contributed by atoms with E-state index < -0.39 is 5.97 Å². The van der Waals surface area contributed by atoms with Gasteiger partial charge in [0.2, 0.25) is 0 Å². The number of esters is 2. The van der Waals surface area contributed by atoms with E-state index in [1.807, 2.05) is 0 Å². The third kappa shape index (κ3) is 2.27. The van der Waals surface area contributed by atoms with Crippen LogP contribution in [-0.4, -0.2) is 38.4 Å². The van der Waals surface area contributed by atoms with E-state index in [9.17, 15) is 9.59 Å². The maximum atomic E-state index is 11.7. The molecule has 4 unspecified atom stereocenters. The number of rotatable bonds is 4. The predicted octanol–water partition coefficient (Wildman–Crippen LogP) is 0.930. The van der Waals surface area contributed by atoms with E-state index in [2.05, 4.69) is 6.58 Å². The number of fused-ring (bicyclic) bond motifs is 1. The van der Waals surface area contributed by atoms with Gasteiger partial charge in [-0.3, -0.25) is 4.79 Å². The summed E-state index contributed by atoms with van der Waals surface area (Å²) < 4.78 is 15.6. The van der Waals surface area contributed by atoms with E-state index in [1.54, 1.807) is 14.0 Å². The quantitative estimate of drug-likeness (QED) is 0.551. The summed E-state index contributed by atoms with van der Waals surface area (Å²) >= 11 is 0. The first kappa shape index (κ1) is 13.1. The van der Waals surface area contributed by atoms with E-state index in [1.165, 1.54) is 0 Å². The van der Waals surface area contributed by atoms with Crippen LogP contribution in [0.5, 0.6) is 0 Å². The largest absolute Gasteiger partial charge is 0.465 e. The molecule has 2 aliphatic rings. The average molecular weight is 254 g/mol. The lowest BCUT2D eigenvalue weighted by atomic mass is 9.92. The molecule has 0 amide bonds. The molecule has 1 aliphatic carbocycles. The van der Waals surface area contributed by atoms with Crippen LogP contribution in [0.1, 0.15) is 13.3 Å². The molecule has 2 rings (SSSR count). The van der Waals surface area contributed by atoms with Gasteiger partial charge in [-0.25, -0.2) is 4.79 Å². The summed E-state index contributed by atoms with van der Waals surface area (Å²) in [7, 11) is 1.60. The molecule has 0 spiro atoms. The molecule has 100 valence electrons. The van der Waals surface area contributed by atoms with E-state index >= 15 is 0 Å². The molecule has 5 heteroatoms. The van der Waals surface area contributed by atoms with Crippen LogP contribution in [0.15, 0.2) is 12.2 Å². The number of ether oxygens (including phenoxy) is 3. The summed E-state index contributed by atoms with van der Waals surface area (Å²) in [4.78, 5) is 23.2. The number of hydrogen-bond acceptors (Lipinski definition) is 5. The minimum Gasteiger partial charge on any atom is -0.465 e. The summed E-state index contributed by atoms with van der Waals surface area (Å²) in [6, 6.07) is 0. The third-order valence-electron chi connectivity index (χ3n) is 3.66. The van der Waals surface area contributed by atoms with Gasteiger partial charge >= 0.3 is 11.9 Å². The lowest BCUT2D eigenvalue weighted by Gasteiger charge is -2.16. The molecule has 0 bridgehead atoms. The molecule has 2 fully saturated rings. The number of cyclic esters (lactones) is 1. The number of carbonyl (C=O) groups is 2. The first-order valence-corrected chi connectivity index (χ1v) is 6.06. The maximum Gasteiger partial charge on any atom is 0.333 e. The monoisotopic (exact) mass is 254 g/mol. The van der Waals surface area contributed by atoms with Crippen LogP contribution in [0, 0.1) is 17.8 Å². The minimum atomic E-state index is -0.406. The number of hydrogen-bond donors (Lipinski definition) is 0. The van der Waals surface area contributed by atoms with Crippen molar-refractivity contribution < 1.29 is 23.8 Å². The standard InChI is InChI=1S/C13H18O5/c1-7(2)12(14)18-10-4-8(5-16-3)11-9(10)6-17-13(11)15/h8-11H,1,4-6H2,2-3H3. The second kappa shape index (κ2) is 5.10. The van der Waals surface area contributed by atoms with Gasteiger partial charge in [-0.1, -0.05) is 6.58 Å². The number of methoxy groups -OCH3 is 1. The molecule has 0 N–H and O–H groups in total. The van der Waals surface area contributed by atoms with Crippen molar-refractivity contribution in [2.24, 2.45) is 17.8 Å². The fourth-order valence-electron chi connectivity index (χ4n) is 2.81. The Morgan fingerprint density at radius 2 is 2.28 bits per heavy atom. The fourth-order valence-corrected chi connectivity index (χ4v) is 2.81. The molecule has 5 nitrogen and oxygen atoms in total.